The summed E-state index contributed by atoms with van der Waals surface area (Å²) < 4.78 is 0. The van der Waals surface area contributed by atoms with Gasteiger partial charge in [-0.1, -0.05) is 42.5 Å². The van der Waals surface area contributed by atoms with E-state index < -0.39 is 0 Å². The number of aromatic amines is 1. The van der Waals surface area contributed by atoms with Crippen molar-refractivity contribution in [3.8, 4) is 22.6 Å². The molecule has 0 radical (unpaired) electrons. The Morgan fingerprint density at radius 2 is 1.77 bits per heavy atom. The summed E-state index contributed by atoms with van der Waals surface area (Å²) in [6.07, 6.45) is 1.69. The van der Waals surface area contributed by atoms with Crippen molar-refractivity contribution >= 4 is 32.3 Å². The van der Waals surface area contributed by atoms with Gasteiger partial charge in [0.25, 0.3) is 5.56 Å². The molecule has 0 aliphatic heterocycles. The molecule has 5 rings (SSSR count). The van der Waals surface area contributed by atoms with Crippen LogP contribution in [0.3, 0.4) is 0 Å². The summed E-state index contributed by atoms with van der Waals surface area (Å²) in [5.41, 5.74) is 2.46. The summed E-state index contributed by atoms with van der Waals surface area (Å²) in [6, 6.07) is 20.0. The summed E-state index contributed by atoms with van der Waals surface area (Å²) in [6.45, 7) is 0. The molecule has 0 aliphatic rings. The van der Waals surface area contributed by atoms with E-state index in [-0.39, 0.29) is 5.56 Å². The molecule has 4 nitrogen and oxygen atoms in total. The minimum atomic E-state index is -0.139. The van der Waals surface area contributed by atoms with Crippen LogP contribution in [0.25, 0.3) is 43.6 Å². The minimum Gasteiger partial charge on any atom is -0.305 e. The van der Waals surface area contributed by atoms with Gasteiger partial charge < -0.3 is 4.98 Å². The van der Waals surface area contributed by atoms with Crippen molar-refractivity contribution < 1.29 is 0 Å². The van der Waals surface area contributed by atoms with Crippen LogP contribution in [-0.4, -0.2) is 15.0 Å². The molecule has 0 spiro atoms. The summed E-state index contributed by atoms with van der Waals surface area (Å²) in [5.74, 6) is 0.495. The predicted octanol–water partition coefficient (Wildman–Crippen LogP) is 4.87. The Hall–Kier alpha value is -3.31. The van der Waals surface area contributed by atoms with Crippen LogP contribution in [-0.2, 0) is 0 Å². The molecule has 124 valence electrons. The van der Waals surface area contributed by atoms with Gasteiger partial charge in [0, 0.05) is 17.1 Å². The van der Waals surface area contributed by atoms with Crippen LogP contribution in [0, 0.1) is 0 Å². The van der Waals surface area contributed by atoms with E-state index in [1.807, 2.05) is 35.7 Å². The molecule has 3 heterocycles. The van der Waals surface area contributed by atoms with Gasteiger partial charge in [0.1, 0.15) is 10.5 Å². The lowest BCUT2D eigenvalue weighted by molar-refractivity contribution is 1.15. The molecule has 0 aliphatic carbocycles. The number of nitrogens with zero attached hydrogens (tertiary/aromatic N) is 2. The lowest BCUT2D eigenvalue weighted by atomic mass is 10.0. The van der Waals surface area contributed by atoms with E-state index in [0.717, 1.165) is 21.3 Å². The van der Waals surface area contributed by atoms with Gasteiger partial charge in [-0.3, -0.25) is 9.78 Å². The SMILES string of the molecule is O=c1[nH]c(-c2ccccn2)nc2scc(-c3ccc4ccccc4c3)c12. The van der Waals surface area contributed by atoms with Gasteiger partial charge in [0.05, 0.1) is 5.39 Å². The third-order valence-electron chi connectivity index (χ3n) is 4.41. The van der Waals surface area contributed by atoms with Crippen LogP contribution < -0.4 is 5.56 Å². The summed E-state index contributed by atoms with van der Waals surface area (Å²) >= 11 is 1.48. The quantitative estimate of drug-likeness (QED) is 0.492. The lowest BCUT2D eigenvalue weighted by Crippen LogP contribution is -2.09. The van der Waals surface area contributed by atoms with Crippen LogP contribution in [0.15, 0.2) is 77.0 Å². The van der Waals surface area contributed by atoms with Crippen molar-refractivity contribution in [3.05, 3.63) is 82.6 Å². The molecule has 0 atom stereocenters. The Kier molecular flexibility index (Phi) is 3.40. The van der Waals surface area contributed by atoms with Crippen molar-refractivity contribution in [1.82, 2.24) is 15.0 Å². The van der Waals surface area contributed by atoms with Crippen molar-refractivity contribution in [2.75, 3.05) is 0 Å². The topological polar surface area (TPSA) is 58.6 Å². The molecular formula is C21H13N3OS. The average Bonchev–Trinajstić information content (AvgIpc) is 3.13. The number of hydrogen-bond acceptors (Lipinski definition) is 4. The molecule has 5 aromatic rings. The third-order valence-corrected chi connectivity index (χ3v) is 5.28. The first kappa shape index (κ1) is 15.0. The maximum absolute atomic E-state index is 12.8. The van der Waals surface area contributed by atoms with Gasteiger partial charge in [-0.15, -0.1) is 11.3 Å². The summed E-state index contributed by atoms with van der Waals surface area (Å²) in [7, 11) is 0. The molecule has 2 aromatic carbocycles. The molecule has 0 bridgehead atoms. The fourth-order valence-electron chi connectivity index (χ4n) is 3.14. The van der Waals surface area contributed by atoms with E-state index in [1.54, 1.807) is 6.20 Å². The highest BCUT2D eigenvalue weighted by Gasteiger charge is 2.14. The highest BCUT2D eigenvalue weighted by atomic mass is 32.1. The van der Waals surface area contributed by atoms with Crippen molar-refractivity contribution in [2.45, 2.75) is 0 Å². The Morgan fingerprint density at radius 1 is 0.923 bits per heavy atom. The van der Waals surface area contributed by atoms with E-state index >= 15 is 0 Å². The molecule has 3 aromatic heterocycles. The Morgan fingerprint density at radius 3 is 2.62 bits per heavy atom. The van der Waals surface area contributed by atoms with Crippen molar-refractivity contribution in [3.63, 3.8) is 0 Å². The third kappa shape index (κ3) is 2.41. The second-order valence-corrected chi connectivity index (χ2v) is 6.88. The second kappa shape index (κ2) is 5.89. The number of H-pyrrole nitrogens is 1. The standard InChI is InChI=1S/C21H13N3OS/c25-20-18-16(15-9-8-13-5-1-2-6-14(13)11-15)12-26-21(18)24-19(23-20)17-7-3-4-10-22-17/h1-12H,(H,23,24,25). The first-order chi connectivity index (χ1) is 12.8. The molecule has 0 saturated carbocycles. The highest BCUT2D eigenvalue weighted by Crippen LogP contribution is 2.33. The molecule has 26 heavy (non-hydrogen) atoms. The Balaban J connectivity index is 1.71. The van der Waals surface area contributed by atoms with E-state index in [9.17, 15) is 4.79 Å². The average molecular weight is 355 g/mol. The van der Waals surface area contributed by atoms with Crippen molar-refractivity contribution in [2.24, 2.45) is 0 Å². The first-order valence-corrected chi connectivity index (χ1v) is 9.10. The van der Waals surface area contributed by atoms with E-state index in [0.29, 0.717) is 16.9 Å². The second-order valence-electron chi connectivity index (χ2n) is 6.02. The molecule has 0 unspecified atom stereocenters. The number of fused-ring (bicyclic) bond motifs is 2. The van der Waals surface area contributed by atoms with Gasteiger partial charge in [0.15, 0.2) is 5.82 Å². The number of benzene rings is 2. The van der Waals surface area contributed by atoms with Crippen molar-refractivity contribution in [1.29, 1.82) is 0 Å². The number of thiophene rings is 1. The largest absolute Gasteiger partial charge is 0.305 e. The number of hydrogen-bond donors (Lipinski definition) is 1. The van der Waals surface area contributed by atoms with Gasteiger partial charge >= 0.3 is 0 Å². The predicted molar refractivity (Wildman–Crippen MR) is 106 cm³/mol. The zero-order valence-electron chi connectivity index (χ0n) is 13.6. The molecule has 1 N–H and O–H groups in total. The number of nitrogens with one attached hydrogen (secondary N) is 1. The highest BCUT2D eigenvalue weighted by molar-refractivity contribution is 7.17. The van der Waals surface area contributed by atoms with Gasteiger partial charge in [-0.25, -0.2) is 4.98 Å². The number of aromatic nitrogens is 3. The normalized spacial score (nSPS) is 11.2. The fourth-order valence-corrected chi connectivity index (χ4v) is 4.09. The first-order valence-electron chi connectivity index (χ1n) is 8.22. The summed E-state index contributed by atoms with van der Waals surface area (Å²) in [5, 5.41) is 4.96. The number of rotatable bonds is 2. The van der Waals surface area contributed by atoms with Crippen LogP contribution in [0.4, 0.5) is 0 Å². The fraction of sp³-hybridized carbons (Fsp3) is 0. The zero-order valence-corrected chi connectivity index (χ0v) is 14.5. The van der Waals surface area contributed by atoms with E-state index in [1.165, 1.54) is 16.7 Å². The molecule has 0 fully saturated rings. The molecule has 5 heteroatoms. The minimum absolute atomic E-state index is 0.139. The number of pyridine rings is 1. The van der Waals surface area contributed by atoms with Crippen LogP contribution in [0.1, 0.15) is 0 Å². The smallest absolute Gasteiger partial charge is 0.260 e. The molecule has 0 saturated heterocycles. The maximum Gasteiger partial charge on any atom is 0.260 e. The Bertz CT molecular complexity index is 1310. The van der Waals surface area contributed by atoms with Gasteiger partial charge in [-0.2, -0.15) is 0 Å². The van der Waals surface area contributed by atoms with Crippen LogP contribution in [0.2, 0.25) is 0 Å². The van der Waals surface area contributed by atoms with Gasteiger partial charge in [-0.05, 0) is 34.5 Å². The lowest BCUT2D eigenvalue weighted by Gasteiger charge is -2.04. The van der Waals surface area contributed by atoms with Crippen LogP contribution >= 0.6 is 11.3 Å². The molecule has 0 amide bonds. The zero-order chi connectivity index (χ0) is 17.5. The molecular weight excluding hydrogens is 342 g/mol. The van der Waals surface area contributed by atoms with Crippen LogP contribution in [0.5, 0.6) is 0 Å². The monoisotopic (exact) mass is 355 g/mol. The Labute approximate surface area is 152 Å². The van der Waals surface area contributed by atoms with Gasteiger partial charge in [0.2, 0.25) is 0 Å². The van der Waals surface area contributed by atoms with E-state index in [2.05, 4.69) is 45.3 Å². The maximum atomic E-state index is 12.8. The summed E-state index contributed by atoms with van der Waals surface area (Å²) in [4.78, 5) is 25.3. The van der Waals surface area contributed by atoms with E-state index in [4.69, 9.17) is 0 Å².